The minimum atomic E-state index is -0.459. The lowest BCUT2D eigenvalue weighted by Crippen LogP contribution is -2.30. The van der Waals surface area contributed by atoms with Crippen molar-refractivity contribution in [1.29, 1.82) is 0 Å². The van der Waals surface area contributed by atoms with Gasteiger partial charge in [0.2, 0.25) is 23.6 Å². The van der Waals surface area contributed by atoms with Gasteiger partial charge in [-0.2, -0.15) is 10.2 Å². The number of aromatic nitrogens is 7. The maximum Gasteiger partial charge on any atom is 0.226 e. The van der Waals surface area contributed by atoms with Gasteiger partial charge in [0.1, 0.15) is 5.78 Å². The largest absolute Gasteiger partial charge is 0.394 e. The molecule has 596 valence electrons. The van der Waals surface area contributed by atoms with E-state index in [2.05, 4.69) is 159 Å². The van der Waals surface area contributed by atoms with Gasteiger partial charge in [0.25, 0.3) is 0 Å². The number of amides is 4. The number of aryl methyl sites for hydroxylation is 2. The Hall–Kier alpha value is -12.4. The van der Waals surface area contributed by atoms with Crippen LogP contribution >= 0.6 is 0 Å². The van der Waals surface area contributed by atoms with E-state index in [1.165, 1.54) is 59.1 Å². The summed E-state index contributed by atoms with van der Waals surface area (Å²) >= 11 is 0. The first-order valence-electron chi connectivity index (χ1n) is 39.7. The molecule has 0 saturated carbocycles. The fourth-order valence-corrected chi connectivity index (χ4v) is 15.6. The summed E-state index contributed by atoms with van der Waals surface area (Å²) in [5, 5.41) is 51.0. The molecule has 1 aliphatic carbocycles. The van der Waals surface area contributed by atoms with Gasteiger partial charge in [-0.05, 0) is 171 Å². The monoisotopic (exact) mass is 1550 g/mol. The van der Waals surface area contributed by atoms with Crippen molar-refractivity contribution < 1.29 is 38.6 Å². The third-order valence-electron chi connectivity index (χ3n) is 21.2. The van der Waals surface area contributed by atoms with Crippen LogP contribution in [0.15, 0.2) is 170 Å². The Morgan fingerprint density at radius 1 is 0.583 bits per heavy atom. The second-order valence-electron chi connectivity index (χ2n) is 31.3. The van der Waals surface area contributed by atoms with E-state index in [4.69, 9.17) is 4.74 Å². The van der Waals surface area contributed by atoms with Gasteiger partial charge in [-0.3, -0.25) is 43.5 Å². The van der Waals surface area contributed by atoms with E-state index in [0.717, 1.165) is 91.3 Å². The summed E-state index contributed by atoms with van der Waals surface area (Å²) in [7, 11) is 3.90. The third-order valence-corrected chi connectivity index (χ3v) is 21.2. The van der Waals surface area contributed by atoms with E-state index in [1.54, 1.807) is 42.4 Å². The highest BCUT2D eigenvalue weighted by Gasteiger charge is 2.29. The molecule has 11 aromatic rings. The van der Waals surface area contributed by atoms with Gasteiger partial charge in [0.15, 0.2) is 5.78 Å². The Kier molecular flexibility index (Phi) is 25.4. The molecule has 0 fully saturated rings. The van der Waals surface area contributed by atoms with Crippen LogP contribution < -0.4 is 47.9 Å². The number of carbonyl (C=O) groups excluding carboxylic acids is 6. The van der Waals surface area contributed by atoms with Crippen molar-refractivity contribution >= 4 is 109 Å². The van der Waals surface area contributed by atoms with Crippen molar-refractivity contribution in [2.45, 2.75) is 168 Å². The molecule has 1 unspecified atom stereocenters. The van der Waals surface area contributed by atoms with Crippen LogP contribution in [0.25, 0.3) is 56.7 Å². The topological polar surface area (TPSA) is 309 Å². The number of para-hydroxylation sites is 6. The fraction of sp³-hybridized carbons (Fsp3) is 0.330. The fourth-order valence-electron chi connectivity index (χ4n) is 15.6. The molecule has 24 heteroatoms. The summed E-state index contributed by atoms with van der Waals surface area (Å²) in [6.07, 6.45) is 17.4. The van der Waals surface area contributed by atoms with Gasteiger partial charge in [-0.1, -0.05) is 91.0 Å². The number of benzene rings is 6. The number of nitrogens with zero attached hydrogens (tertiary/aromatic N) is 6. The van der Waals surface area contributed by atoms with Crippen molar-refractivity contribution in [2.24, 2.45) is 7.05 Å². The van der Waals surface area contributed by atoms with E-state index >= 15 is 0 Å². The number of Topliss-reactive ketones (excluding diaryl/α,β-unsaturated/α-hetero) is 2. The number of ether oxygens (including phenoxy) is 1. The molecule has 0 radical (unpaired) electrons. The first kappa shape index (κ1) is 80.6. The number of pyridine rings is 1. The summed E-state index contributed by atoms with van der Waals surface area (Å²) in [6.45, 7) is 17.3. The van der Waals surface area contributed by atoms with E-state index in [-0.39, 0.29) is 72.6 Å². The molecule has 0 saturated heterocycles. The SMILES string of the molecule is COCCn1c(-c2cccc3c2N[C@H](C)CC(=O)C3)cc2ccccc21.C[C@@H]1CC(=O)Nc2cccc(-c3cc4c(n3C)CCCC4)c2N1.C[C@@H]1CC(=O)Nc2cccc(-c3cnn(C(C)(C)CO)c3)c2N1.C[C@@H]1CC(=O)Nc2cccc(/C=C/c3ccccn3)c2N1.Cc1cc(CC(=O)c2cccc3c2NC(C)CC(=O)N3)n[nH]1. The van der Waals surface area contributed by atoms with Gasteiger partial charge >= 0.3 is 0 Å². The minimum Gasteiger partial charge on any atom is -0.394 e. The number of hydrogen-bond donors (Lipinski definition) is 11. The van der Waals surface area contributed by atoms with Crippen LogP contribution in [0.3, 0.4) is 0 Å². The zero-order chi connectivity index (χ0) is 81.0. The van der Waals surface area contributed by atoms with Crippen LogP contribution in [0.5, 0.6) is 0 Å². The molecular formula is C91H104N16O8. The van der Waals surface area contributed by atoms with Crippen LogP contribution in [-0.2, 0) is 73.5 Å². The van der Waals surface area contributed by atoms with E-state index in [0.29, 0.717) is 73.5 Å². The van der Waals surface area contributed by atoms with E-state index < -0.39 is 5.54 Å². The molecule has 4 amide bonds. The zero-order valence-electron chi connectivity index (χ0n) is 67.1. The Morgan fingerprint density at radius 3 is 1.77 bits per heavy atom. The molecule has 6 aliphatic rings. The highest BCUT2D eigenvalue weighted by Crippen LogP contribution is 2.42. The number of rotatable bonds is 13. The molecule has 5 aromatic heterocycles. The second-order valence-corrected chi connectivity index (χ2v) is 31.3. The molecular weight excluding hydrogens is 1450 g/mol. The van der Waals surface area contributed by atoms with E-state index in [9.17, 15) is 33.9 Å². The Morgan fingerprint density at radius 2 is 1.14 bits per heavy atom. The Labute approximate surface area is 671 Å². The van der Waals surface area contributed by atoms with Crippen molar-refractivity contribution in [2.75, 3.05) is 68.2 Å². The van der Waals surface area contributed by atoms with Crippen molar-refractivity contribution in [3.63, 3.8) is 0 Å². The molecule has 5 aliphatic heterocycles. The number of aliphatic hydroxyl groups is 1. The van der Waals surface area contributed by atoms with Crippen LogP contribution in [-0.4, -0.2) is 125 Å². The van der Waals surface area contributed by atoms with Crippen LogP contribution in [0, 0.1) is 6.92 Å². The summed E-state index contributed by atoms with van der Waals surface area (Å²) < 4.78 is 11.8. The molecule has 5 atom stereocenters. The van der Waals surface area contributed by atoms with Gasteiger partial charge in [0.05, 0.1) is 99.6 Å². The van der Waals surface area contributed by atoms with Crippen LogP contribution in [0.1, 0.15) is 143 Å². The Bertz CT molecular complexity index is 5420. The highest BCUT2D eigenvalue weighted by atomic mass is 16.5. The number of aromatic amines is 1. The lowest BCUT2D eigenvalue weighted by atomic mass is 9.98. The molecule has 0 spiro atoms. The average molecular weight is 1550 g/mol. The average Bonchev–Trinajstić information content (AvgIpc) is 1.61. The first-order chi connectivity index (χ1) is 55.4. The number of ketones is 2. The second kappa shape index (κ2) is 36.2. The molecule has 10 heterocycles. The summed E-state index contributed by atoms with van der Waals surface area (Å²) in [5.74, 6) is 0.344. The number of hydrogen-bond acceptors (Lipinski definition) is 16. The maximum atomic E-state index is 12.6. The number of carbonyl (C=O) groups is 6. The van der Waals surface area contributed by atoms with Crippen molar-refractivity contribution in [1.82, 2.24) is 34.1 Å². The van der Waals surface area contributed by atoms with Crippen LogP contribution in [0.4, 0.5) is 51.2 Å². The summed E-state index contributed by atoms with van der Waals surface area (Å²) in [6, 6.07) is 50.5. The number of H-pyrrole nitrogens is 1. The Balaban J connectivity index is 0.000000125. The lowest BCUT2D eigenvalue weighted by Gasteiger charge is -2.22. The standard InChI is InChI=1S/C22H24N2O2.C19H23N3O.C17H22N4O2.C17H17N3O.C16H18N4O2/c1-15-12-18(25)13-17-7-5-8-19(22(17)23-15)21-14-16-6-3-4-9-20(16)24(21)10-11-26-2;1-12-10-18(23)21-15-8-5-7-14(19(15)20-12)17-11-13-6-3-4-9-16(13)22(17)2;1-11-7-15(23)20-14-6-4-5-13(16(14)19-11)12-8-18-21(9-12)17(2,3)10-22;1-12-11-16(21)20-15-7-4-5-13(17(15)19-12)8-9-14-6-2-3-10-18-14;1-9-7-15(22)18-13-5-3-4-12(16(13)17-9)14(21)8-11-6-10(2)19-20-11/h3-9,14-15,23H,10-13H2,1-2H3;5,7-8,11-12,20H,3-4,6,9-10H2,1-2H3,(H,21,23);4-6,8-9,11,19,22H,7,10H2,1-3H3,(H,20,23);2-10,12,19H,11H2,1H3,(H,20,21);3-6,9,17H,7-8H2,1-2H3,(H,18,22)(H,19,20)/b;;;9-8+;/t15-;12-;11-;12-;/m1111./s1. The van der Waals surface area contributed by atoms with Gasteiger partial charge in [-0.15, -0.1) is 0 Å². The van der Waals surface area contributed by atoms with Gasteiger partial charge in [-0.25, -0.2) is 0 Å². The molecule has 17 rings (SSSR count). The molecule has 115 heavy (non-hydrogen) atoms. The maximum absolute atomic E-state index is 12.6. The molecule has 0 bridgehead atoms. The predicted octanol–water partition coefficient (Wildman–Crippen LogP) is 16.1. The number of methoxy groups -OCH3 is 1. The number of anilines is 9. The number of nitrogens with one attached hydrogen (secondary N) is 10. The first-order valence-corrected chi connectivity index (χ1v) is 39.7. The molecule has 24 nitrogen and oxygen atoms in total. The van der Waals surface area contributed by atoms with Crippen molar-refractivity contribution in [3.05, 3.63) is 215 Å². The smallest absolute Gasteiger partial charge is 0.226 e. The van der Waals surface area contributed by atoms with Crippen LogP contribution in [0.2, 0.25) is 0 Å². The quantitative estimate of drug-likeness (QED) is 0.0478. The molecule has 11 N–H and O–H groups in total. The lowest BCUT2D eigenvalue weighted by molar-refractivity contribution is -0.119. The van der Waals surface area contributed by atoms with Gasteiger partial charge < -0.3 is 66.8 Å². The number of fused-ring (bicyclic) bond motifs is 7. The summed E-state index contributed by atoms with van der Waals surface area (Å²) in [4.78, 5) is 76.5. The molecule has 6 aromatic carbocycles. The normalized spacial score (nSPS) is 18.0. The summed E-state index contributed by atoms with van der Waals surface area (Å²) in [5.41, 5.74) is 23.4. The minimum absolute atomic E-state index is 0.00631. The van der Waals surface area contributed by atoms with Gasteiger partial charge in [0, 0.05) is 158 Å². The third kappa shape index (κ3) is 19.5. The van der Waals surface area contributed by atoms with Crippen molar-refractivity contribution in [3.8, 4) is 33.6 Å². The number of aliphatic hydroxyl groups excluding tert-OH is 1. The predicted molar refractivity (Wildman–Crippen MR) is 460 cm³/mol. The zero-order valence-corrected chi connectivity index (χ0v) is 67.1. The van der Waals surface area contributed by atoms with E-state index in [1.807, 2.05) is 133 Å². The highest BCUT2D eigenvalue weighted by molar-refractivity contribution is 6.08.